The maximum absolute atomic E-state index is 11.0. The molecule has 96 valence electrons. The van der Waals surface area contributed by atoms with Gasteiger partial charge in [-0.15, -0.1) is 0 Å². The van der Waals surface area contributed by atoms with Gasteiger partial charge in [-0.2, -0.15) is 0 Å². The fourth-order valence-corrected chi connectivity index (χ4v) is 2.08. The van der Waals surface area contributed by atoms with E-state index in [1.165, 1.54) is 24.3 Å². The summed E-state index contributed by atoms with van der Waals surface area (Å²) in [6.07, 6.45) is 0. The van der Waals surface area contributed by atoms with Gasteiger partial charge in [0.1, 0.15) is 5.75 Å². The number of rotatable bonds is 2. The Morgan fingerprint density at radius 1 is 0.947 bits per heavy atom. The van der Waals surface area contributed by atoms with Gasteiger partial charge in [-0.25, -0.2) is 0 Å². The third-order valence-electron chi connectivity index (χ3n) is 2.86. The number of hydrogen-bond acceptors (Lipinski definition) is 6. The minimum Gasteiger partial charge on any atom is -0.457 e. The van der Waals surface area contributed by atoms with Crippen LogP contribution in [-0.2, 0) is 0 Å². The van der Waals surface area contributed by atoms with E-state index in [2.05, 4.69) is 0 Å². The Hall–Kier alpha value is -2.90. The van der Waals surface area contributed by atoms with Crippen LogP contribution in [0.2, 0.25) is 0 Å². The van der Waals surface area contributed by atoms with E-state index in [1.807, 2.05) is 0 Å². The smallest absolute Gasteiger partial charge is 0.311 e. The Kier molecular flexibility index (Phi) is 2.24. The van der Waals surface area contributed by atoms with E-state index in [-0.39, 0.29) is 34.7 Å². The van der Waals surface area contributed by atoms with Gasteiger partial charge in [-0.3, -0.25) is 20.2 Å². The van der Waals surface area contributed by atoms with Crippen molar-refractivity contribution in [2.45, 2.75) is 0 Å². The van der Waals surface area contributed by atoms with Gasteiger partial charge in [0.05, 0.1) is 20.6 Å². The zero-order valence-electron chi connectivity index (χ0n) is 9.36. The molecule has 0 aliphatic carbocycles. The molecular weight excluding hydrogens is 256 g/mol. The van der Waals surface area contributed by atoms with Gasteiger partial charge in [-0.05, 0) is 12.1 Å². The normalized spacial score (nSPS) is 12.6. The monoisotopic (exact) mass is 262 g/mol. The molecule has 2 aromatic rings. The van der Waals surface area contributed by atoms with Crippen LogP contribution in [0.1, 0.15) is 0 Å². The minimum atomic E-state index is -0.595. The molecule has 0 atom stereocenters. The molecule has 19 heavy (non-hydrogen) atoms. The number of non-ortho nitro benzene ring substituents is 1. The maximum atomic E-state index is 11.0. The number of hydrogen-bond donors (Lipinski definition) is 0. The van der Waals surface area contributed by atoms with Crippen LogP contribution in [0.25, 0.3) is 10.8 Å². The van der Waals surface area contributed by atoms with Crippen LogP contribution in [0.3, 0.4) is 0 Å². The first-order chi connectivity index (χ1) is 9.09. The summed E-state index contributed by atoms with van der Waals surface area (Å²) in [5.41, 5.74) is -0.387. The molecule has 0 bridgehead atoms. The summed E-state index contributed by atoms with van der Waals surface area (Å²) in [5, 5.41) is 22.4. The predicted octanol–water partition coefficient (Wildman–Crippen LogP) is 2.38. The molecule has 0 saturated carbocycles. The molecule has 8 nitrogen and oxygen atoms in total. The van der Waals surface area contributed by atoms with Gasteiger partial charge in [0, 0.05) is 12.1 Å². The van der Waals surface area contributed by atoms with Gasteiger partial charge in [0.2, 0.25) is 12.5 Å². The second-order valence-electron chi connectivity index (χ2n) is 3.84. The SMILES string of the molecule is O=[N+]([O-])c1ccc2c([N+](=O)[O-])ccc3c2c1OCO3. The molecule has 8 heteroatoms. The van der Waals surface area contributed by atoms with Crippen LogP contribution in [0.4, 0.5) is 11.4 Å². The minimum absolute atomic E-state index is 0.00690. The van der Waals surface area contributed by atoms with Crippen molar-refractivity contribution < 1.29 is 19.3 Å². The third-order valence-corrected chi connectivity index (χ3v) is 2.86. The lowest BCUT2D eigenvalue weighted by atomic mass is 10.1. The van der Waals surface area contributed by atoms with Gasteiger partial charge < -0.3 is 9.47 Å². The van der Waals surface area contributed by atoms with Gasteiger partial charge in [0.25, 0.3) is 5.69 Å². The van der Waals surface area contributed by atoms with E-state index in [1.54, 1.807) is 0 Å². The van der Waals surface area contributed by atoms with E-state index < -0.39 is 9.85 Å². The van der Waals surface area contributed by atoms with E-state index in [9.17, 15) is 20.2 Å². The lowest BCUT2D eigenvalue weighted by Gasteiger charge is -2.18. The fraction of sp³-hybridized carbons (Fsp3) is 0.0909. The van der Waals surface area contributed by atoms with Crippen molar-refractivity contribution in [3.63, 3.8) is 0 Å². The standard InChI is InChI=1S/C11H6N2O6/c14-12(15)7-3-4-9-10-6(7)1-2-8(13(16)17)11(10)19-5-18-9/h1-4H,5H2. The molecule has 0 aromatic heterocycles. The van der Waals surface area contributed by atoms with Crippen molar-refractivity contribution >= 4 is 22.1 Å². The van der Waals surface area contributed by atoms with Gasteiger partial charge in [0.15, 0.2) is 0 Å². The first-order valence-corrected chi connectivity index (χ1v) is 5.23. The molecule has 0 radical (unpaired) electrons. The lowest BCUT2D eigenvalue weighted by molar-refractivity contribution is -0.386. The van der Waals surface area contributed by atoms with Crippen LogP contribution in [0.15, 0.2) is 24.3 Å². The number of benzene rings is 2. The van der Waals surface area contributed by atoms with Crippen LogP contribution in [0.5, 0.6) is 11.5 Å². The Morgan fingerprint density at radius 2 is 1.63 bits per heavy atom. The largest absolute Gasteiger partial charge is 0.457 e. The zero-order valence-corrected chi connectivity index (χ0v) is 9.36. The Labute approximate surface area is 105 Å². The zero-order chi connectivity index (χ0) is 13.6. The van der Waals surface area contributed by atoms with Crippen molar-refractivity contribution in [3.05, 3.63) is 44.5 Å². The molecule has 1 heterocycles. The van der Waals surface area contributed by atoms with Crippen molar-refractivity contribution in [1.82, 2.24) is 0 Å². The Balaban J connectivity index is 2.45. The fourth-order valence-electron chi connectivity index (χ4n) is 2.08. The molecule has 0 amide bonds. The molecule has 0 unspecified atom stereocenters. The highest BCUT2D eigenvalue weighted by Gasteiger charge is 2.28. The quantitative estimate of drug-likeness (QED) is 0.607. The Morgan fingerprint density at radius 3 is 2.32 bits per heavy atom. The predicted molar refractivity (Wildman–Crippen MR) is 63.4 cm³/mol. The third kappa shape index (κ3) is 1.53. The van der Waals surface area contributed by atoms with E-state index >= 15 is 0 Å². The molecular formula is C11H6N2O6. The second kappa shape index (κ2) is 3.80. The highest BCUT2D eigenvalue weighted by atomic mass is 16.7. The van der Waals surface area contributed by atoms with Crippen molar-refractivity contribution in [1.29, 1.82) is 0 Å². The van der Waals surface area contributed by atoms with Crippen LogP contribution in [-0.4, -0.2) is 16.6 Å². The van der Waals surface area contributed by atoms with Crippen LogP contribution >= 0.6 is 0 Å². The molecule has 1 aliphatic heterocycles. The van der Waals surface area contributed by atoms with E-state index in [0.29, 0.717) is 5.75 Å². The molecule has 0 fully saturated rings. The summed E-state index contributed by atoms with van der Waals surface area (Å²) in [6, 6.07) is 5.24. The summed E-state index contributed by atoms with van der Waals surface area (Å²) in [5.74, 6) is 0.345. The summed E-state index contributed by atoms with van der Waals surface area (Å²) >= 11 is 0. The van der Waals surface area contributed by atoms with Gasteiger partial charge >= 0.3 is 5.69 Å². The van der Waals surface area contributed by atoms with Crippen LogP contribution in [0, 0.1) is 20.2 Å². The van der Waals surface area contributed by atoms with E-state index in [4.69, 9.17) is 9.47 Å². The molecule has 1 aliphatic rings. The number of nitrogens with zero attached hydrogens (tertiary/aromatic N) is 2. The molecule has 0 spiro atoms. The molecule has 0 N–H and O–H groups in total. The molecule has 2 aromatic carbocycles. The highest BCUT2D eigenvalue weighted by molar-refractivity contribution is 6.02. The molecule has 0 saturated heterocycles. The van der Waals surface area contributed by atoms with Crippen molar-refractivity contribution in [3.8, 4) is 11.5 Å². The second-order valence-corrected chi connectivity index (χ2v) is 3.84. The number of ether oxygens (including phenoxy) is 2. The highest BCUT2D eigenvalue weighted by Crippen LogP contribution is 2.45. The summed E-state index contributed by atoms with van der Waals surface area (Å²) in [7, 11) is 0. The first kappa shape index (κ1) is 11.2. The first-order valence-electron chi connectivity index (χ1n) is 5.23. The number of nitro benzene ring substituents is 2. The summed E-state index contributed by atoms with van der Waals surface area (Å²) in [4.78, 5) is 20.7. The summed E-state index contributed by atoms with van der Waals surface area (Å²) in [6.45, 7) is -0.162. The molecule has 3 rings (SSSR count). The van der Waals surface area contributed by atoms with Gasteiger partial charge in [-0.1, -0.05) is 0 Å². The van der Waals surface area contributed by atoms with Crippen LogP contribution < -0.4 is 9.47 Å². The topological polar surface area (TPSA) is 105 Å². The lowest BCUT2D eigenvalue weighted by Crippen LogP contribution is -2.12. The summed E-state index contributed by atoms with van der Waals surface area (Å²) < 4.78 is 10.3. The van der Waals surface area contributed by atoms with E-state index in [0.717, 1.165) is 0 Å². The average molecular weight is 262 g/mol. The van der Waals surface area contributed by atoms with Crippen molar-refractivity contribution in [2.75, 3.05) is 6.79 Å². The maximum Gasteiger partial charge on any atom is 0.311 e. The Bertz CT molecular complexity index is 727. The average Bonchev–Trinajstić information content (AvgIpc) is 2.39. The number of nitro groups is 2. The van der Waals surface area contributed by atoms with Crippen molar-refractivity contribution in [2.24, 2.45) is 0 Å².